The van der Waals surface area contributed by atoms with E-state index in [1.807, 2.05) is 18.2 Å². The van der Waals surface area contributed by atoms with Crippen LogP contribution in [-0.4, -0.2) is 15.1 Å². The number of rotatable bonds is 2. The van der Waals surface area contributed by atoms with Gasteiger partial charge >= 0.3 is 0 Å². The fourth-order valence-electron chi connectivity index (χ4n) is 1.25. The van der Waals surface area contributed by atoms with E-state index >= 15 is 0 Å². The molecule has 1 N–H and O–H groups in total. The van der Waals surface area contributed by atoms with Gasteiger partial charge in [-0.15, -0.1) is 6.58 Å². The van der Waals surface area contributed by atoms with Crippen LogP contribution in [0.25, 0.3) is 11.0 Å². The van der Waals surface area contributed by atoms with Crippen molar-refractivity contribution in [2.24, 2.45) is 0 Å². The molecule has 0 saturated heterocycles. The van der Waals surface area contributed by atoms with Crippen molar-refractivity contribution in [2.45, 2.75) is 6.10 Å². The fourth-order valence-corrected chi connectivity index (χ4v) is 1.25. The zero-order valence-corrected chi connectivity index (χ0v) is 7.59. The highest BCUT2D eigenvalue weighted by Gasteiger charge is 2.04. The molecular weight excluding hydrogens is 176 g/mol. The molecule has 2 aromatic heterocycles. The largest absolute Gasteiger partial charge is 0.383 e. The Hall–Kier alpha value is -1.74. The van der Waals surface area contributed by atoms with Crippen LogP contribution >= 0.6 is 0 Å². The van der Waals surface area contributed by atoms with Crippen molar-refractivity contribution in [2.75, 3.05) is 0 Å². The molecule has 3 nitrogen and oxygen atoms in total. The molecule has 14 heavy (non-hydrogen) atoms. The van der Waals surface area contributed by atoms with Crippen molar-refractivity contribution in [1.82, 2.24) is 9.97 Å². The summed E-state index contributed by atoms with van der Waals surface area (Å²) < 4.78 is 0. The highest BCUT2D eigenvalue weighted by molar-refractivity contribution is 5.74. The lowest BCUT2D eigenvalue weighted by Crippen LogP contribution is -1.97. The van der Waals surface area contributed by atoms with Crippen LogP contribution in [0.2, 0.25) is 0 Å². The zero-order valence-electron chi connectivity index (χ0n) is 7.59. The van der Waals surface area contributed by atoms with Gasteiger partial charge < -0.3 is 5.11 Å². The Labute approximate surface area is 81.8 Å². The molecule has 0 aromatic carbocycles. The first-order valence-corrected chi connectivity index (χ1v) is 4.33. The van der Waals surface area contributed by atoms with Gasteiger partial charge in [0.1, 0.15) is 6.10 Å². The van der Waals surface area contributed by atoms with Gasteiger partial charge in [-0.25, -0.2) is 9.97 Å². The van der Waals surface area contributed by atoms with Gasteiger partial charge in [-0.2, -0.15) is 0 Å². The molecule has 1 unspecified atom stereocenters. The van der Waals surface area contributed by atoms with Crippen molar-refractivity contribution in [3.05, 3.63) is 48.8 Å². The molecule has 0 saturated carbocycles. The molecule has 0 aliphatic heterocycles. The number of nitrogens with zero attached hydrogens (tertiary/aromatic N) is 2. The maximum absolute atomic E-state index is 9.48. The molecule has 0 spiro atoms. The van der Waals surface area contributed by atoms with Crippen LogP contribution in [0.1, 0.15) is 11.8 Å². The van der Waals surface area contributed by atoms with Crippen LogP contribution in [0.3, 0.4) is 0 Å². The van der Waals surface area contributed by atoms with Gasteiger partial charge in [0, 0.05) is 11.6 Å². The summed E-state index contributed by atoms with van der Waals surface area (Å²) in [6, 6.07) is 7.45. The summed E-state index contributed by atoms with van der Waals surface area (Å²) in [5, 5.41) is 10.4. The first kappa shape index (κ1) is 8.84. The van der Waals surface area contributed by atoms with Crippen LogP contribution in [0.4, 0.5) is 0 Å². The molecule has 0 aliphatic carbocycles. The number of pyridine rings is 2. The zero-order chi connectivity index (χ0) is 9.97. The average molecular weight is 186 g/mol. The minimum atomic E-state index is -0.721. The third-order valence-electron chi connectivity index (χ3n) is 2.01. The van der Waals surface area contributed by atoms with E-state index in [9.17, 15) is 5.11 Å². The number of hydrogen-bond acceptors (Lipinski definition) is 3. The van der Waals surface area contributed by atoms with Gasteiger partial charge in [-0.3, -0.25) is 0 Å². The van der Waals surface area contributed by atoms with E-state index in [0.717, 1.165) is 5.39 Å². The van der Waals surface area contributed by atoms with E-state index in [-0.39, 0.29) is 0 Å². The molecule has 1 atom stereocenters. The lowest BCUT2D eigenvalue weighted by Gasteiger charge is -2.04. The maximum Gasteiger partial charge on any atom is 0.159 e. The lowest BCUT2D eigenvalue weighted by atomic mass is 10.2. The number of hydrogen-bond donors (Lipinski definition) is 1. The first-order valence-electron chi connectivity index (χ1n) is 4.33. The quantitative estimate of drug-likeness (QED) is 0.728. The third-order valence-corrected chi connectivity index (χ3v) is 2.01. The summed E-state index contributed by atoms with van der Waals surface area (Å²) in [6.07, 6.45) is 2.40. The second-order valence-corrected chi connectivity index (χ2v) is 2.97. The summed E-state index contributed by atoms with van der Waals surface area (Å²) in [4.78, 5) is 8.32. The Morgan fingerprint density at radius 1 is 1.36 bits per heavy atom. The van der Waals surface area contributed by atoms with Gasteiger partial charge in [0.2, 0.25) is 0 Å². The maximum atomic E-state index is 9.48. The monoisotopic (exact) mass is 186 g/mol. The summed E-state index contributed by atoms with van der Waals surface area (Å²) >= 11 is 0. The molecule has 0 amide bonds. The van der Waals surface area contributed by atoms with Crippen molar-refractivity contribution in [1.29, 1.82) is 0 Å². The standard InChI is InChI=1S/C11H10N2O/c1-2-10(14)9-6-5-8-4-3-7-12-11(8)13-9/h2-7,10,14H,1H2. The molecule has 70 valence electrons. The normalized spacial score (nSPS) is 12.6. The Bertz CT molecular complexity index is 468. The average Bonchev–Trinajstić information content (AvgIpc) is 2.27. The van der Waals surface area contributed by atoms with E-state index in [0.29, 0.717) is 11.3 Å². The van der Waals surface area contributed by atoms with E-state index in [2.05, 4.69) is 16.5 Å². The number of aliphatic hydroxyl groups excluding tert-OH is 1. The van der Waals surface area contributed by atoms with Gasteiger partial charge in [0.25, 0.3) is 0 Å². The van der Waals surface area contributed by atoms with Gasteiger partial charge in [-0.05, 0) is 24.3 Å². The Morgan fingerprint density at radius 2 is 2.21 bits per heavy atom. The number of aromatic nitrogens is 2. The fraction of sp³-hybridized carbons (Fsp3) is 0.0909. The van der Waals surface area contributed by atoms with E-state index in [4.69, 9.17) is 0 Å². The van der Waals surface area contributed by atoms with Gasteiger partial charge in [0.05, 0.1) is 5.69 Å². The minimum absolute atomic E-state index is 0.575. The SMILES string of the molecule is C=CC(O)c1ccc2cccnc2n1. The predicted molar refractivity (Wildman–Crippen MR) is 54.7 cm³/mol. The number of aliphatic hydroxyl groups is 1. The Morgan fingerprint density at radius 3 is 3.00 bits per heavy atom. The lowest BCUT2D eigenvalue weighted by molar-refractivity contribution is 0.224. The molecule has 0 radical (unpaired) electrons. The topological polar surface area (TPSA) is 46.0 Å². The minimum Gasteiger partial charge on any atom is -0.383 e. The van der Waals surface area contributed by atoms with E-state index in [1.165, 1.54) is 6.08 Å². The van der Waals surface area contributed by atoms with Crippen molar-refractivity contribution in [3.63, 3.8) is 0 Å². The Kier molecular flexibility index (Phi) is 2.24. The molecular formula is C11H10N2O. The summed E-state index contributed by atoms with van der Waals surface area (Å²) in [5.74, 6) is 0. The van der Waals surface area contributed by atoms with Crippen LogP contribution in [0.5, 0.6) is 0 Å². The summed E-state index contributed by atoms with van der Waals surface area (Å²) in [6.45, 7) is 3.51. The second kappa shape index (κ2) is 3.55. The molecule has 0 bridgehead atoms. The van der Waals surface area contributed by atoms with Crippen LogP contribution in [0.15, 0.2) is 43.1 Å². The molecule has 2 rings (SSSR count). The van der Waals surface area contributed by atoms with Crippen molar-refractivity contribution < 1.29 is 5.11 Å². The second-order valence-electron chi connectivity index (χ2n) is 2.97. The third kappa shape index (κ3) is 1.49. The van der Waals surface area contributed by atoms with Crippen LogP contribution < -0.4 is 0 Å². The van der Waals surface area contributed by atoms with E-state index in [1.54, 1.807) is 12.3 Å². The molecule has 2 aromatic rings. The first-order chi connectivity index (χ1) is 6.81. The molecule has 0 aliphatic rings. The highest BCUT2D eigenvalue weighted by atomic mass is 16.3. The predicted octanol–water partition coefficient (Wildman–Crippen LogP) is 1.85. The number of fused-ring (bicyclic) bond motifs is 1. The van der Waals surface area contributed by atoms with E-state index < -0.39 is 6.10 Å². The summed E-state index contributed by atoms with van der Waals surface area (Å²) in [7, 11) is 0. The van der Waals surface area contributed by atoms with Crippen LogP contribution in [-0.2, 0) is 0 Å². The smallest absolute Gasteiger partial charge is 0.159 e. The Balaban J connectivity index is 2.56. The molecule has 0 fully saturated rings. The van der Waals surface area contributed by atoms with Crippen molar-refractivity contribution in [3.8, 4) is 0 Å². The molecule has 3 heteroatoms. The summed E-state index contributed by atoms with van der Waals surface area (Å²) in [5.41, 5.74) is 1.22. The van der Waals surface area contributed by atoms with Crippen LogP contribution in [0, 0.1) is 0 Å². The van der Waals surface area contributed by atoms with Gasteiger partial charge in [-0.1, -0.05) is 6.08 Å². The molecule has 2 heterocycles. The highest BCUT2D eigenvalue weighted by Crippen LogP contribution is 2.15. The van der Waals surface area contributed by atoms with Crippen molar-refractivity contribution >= 4 is 11.0 Å². The van der Waals surface area contributed by atoms with Gasteiger partial charge in [0.15, 0.2) is 5.65 Å².